The summed E-state index contributed by atoms with van der Waals surface area (Å²) in [7, 11) is 0. The predicted molar refractivity (Wildman–Crippen MR) is 57.9 cm³/mol. The van der Waals surface area contributed by atoms with E-state index < -0.39 is 0 Å². The molecule has 0 heterocycles. The normalized spacial score (nSPS) is 13.0. The van der Waals surface area contributed by atoms with Crippen LogP contribution in [0.3, 0.4) is 0 Å². The molecule has 0 amide bonds. The first-order valence-electron chi connectivity index (χ1n) is 4.19. The smallest absolute Gasteiger partial charge is 0.120 e. The predicted octanol–water partition coefficient (Wildman–Crippen LogP) is 2.79. The Balaban J connectivity index is 3.44. The summed E-state index contributed by atoms with van der Waals surface area (Å²) in [5.74, 6) is 0.285. The van der Waals surface area contributed by atoms with Gasteiger partial charge >= 0.3 is 0 Å². The molecule has 0 bridgehead atoms. The van der Waals surface area contributed by atoms with Crippen LogP contribution in [-0.2, 0) is 0 Å². The van der Waals surface area contributed by atoms with E-state index in [0.29, 0.717) is 0 Å². The number of hydrogen-bond donors (Lipinski definition) is 2. The second kappa shape index (κ2) is 3.68. The van der Waals surface area contributed by atoms with Crippen molar-refractivity contribution in [2.45, 2.75) is 26.8 Å². The molecule has 0 aliphatic carbocycles. The molecule has 72 valence electrons. The highest BCUT2D eigenvalue weighted by molar-refractivity contribution is 9.10. The number of hydrogen-bond acceptors (Lipinski definition) is 2. The van der Waals surface area contributed by atoms with E-state index in [1.165, 1.54) is 0 Å². The van der Waals surface area contributed by atoms with Gasteiger partial charge in [0.25, 0.3) is 0 Å². The van der Waals surface area contributed by atoms with E-state index in [-0.39, 0.29) is 11.8 Å². The lowest BCUT2D eigenvalue weighted by Crippen LogP contribution is -2.08. The molecule has 1 atom stereocenters. The van der Waals surface area contributed by atoms with Crippen LogP contribution in [0.25, 0.3) is 0 Å². The SMILES string of the molecule is Cc1cc(O)c([C@@H](C)N)c(C)c1Br. The minimum atomic E-state index is -0.142. The standard InChI is InChI=1S/C10H14BrNO/c1-5-4-8(13)9(7(3)12)6(2)10(5)11/h4,7,13H,12H2,1-3H3/t7-/m1/s1. The molecule has 0 unspecified atom stereocenters. The lowest BCUT2D eigenvalue weighted by Gasteiger charge is -2.15. The van der Waals surface area contributed by atoms with Crippen molar-refractivity contribution in [2.75, 3.05) is 0 Å². The molecule has 2 nitrogen and oxygen atoms in total. The first-order valence-corrected chi connectivity index (χ1v) is 4.98. The Morgan fingerprint density at radius 3 is 2.46 bits per heavy atom. The fourth-order valence-electron chi connectivity index (χ4n) is 1.53. The van der Waals surface area contributed by atoms with Gasteiger partial charge in [0.15, 0.2) is 0 Å². The van der Waals surface area contributed by atoms with Gasteiger partial charge in [-0.25, -0.2) is 0 Å². The molecule has 0 radical (unpaired) electrons. The lowest BCUT2D eigenvalue weighted by atomic mass is 9.99. The van der Waals surface area contributed by atoms with Crippen molar-refractivity contribution in [1.82, 2.24) is 0 Å². The zero-order valence-electron chi connectivity index (χ0n) is 8.06. The number of nitrogens with two attached hydrogens (primary N) is 1. The minimum absolute atomic E-state index is 0.142. The second-order valence-electron chi connectivity index (χ2n) is 3.35. The first kappa shape index (κ1) is 10.5. The van der Waals surface area contributed by atoms with Crippen molar-refractivity contribution >= 4 is 15.9 Å². The van der Waals surface area contributed by atoms with Gasteiger partial charge < -0.3 is 10.8 Å². The van der Waals surface area contributed by atoms with Crippen LogP contribution in [0.5, 0.6) is 5.75 Å². The van der Waals surface area contributed by atoms with E-state index in [2.05, 4.69) is 15.9 Å². The van der Waals surface area contributed by atoms with Crippen molar-refractivity contribution in [2.24, 2.45) is 5.73 Å². The summed E-state index contributed by atoms with van der Waals surface area (Å²) in [6.45, 7) is 5.76. The molecular formula is C10H14BrNO. The maximum absolute atomic E-state index is 9.67. The molecule has 1 rings (SSSR count). The third-order valence-electron chi connectivity index (χ3n) is 2.16. The van der Waals surface area contributed by atoms with Crippen LogP contribution < -0.4 is 5.73 Å². The average molecular weight is 244 g/mol. The first-order chi connectivity index (χ1) is 5.95. The highest BCUT2D eigenvalue weighted by Gasteiger charge is 2.13. The van der Waals surface area contributed by atoms with Crippen LogP contribution in [0.1, 0.15) is 29.7 Å². The number of halogens is 1. The van der Waals surface area contributed by atoms with Crippen molar-refractivity contribution in [1.29, 1.82) is 0 Å². The number of rotatable bonds is 1. The molecule has 0 aliphatic heterocycles. The summed E-state index contributed by atoms with van der Waals surface area (Å²) in [5.41, 5.74) is 8.62. The number of phenolic OH excluding ortho intramolecular Hbond substituents is 1. The molecule has 1 aromatic carbocycles. The van der Waals surface area contributed by atoms with Crippen LogP contribution in [0.4, 0.5) is 0 Å². The third-order valence-corrected chi connectivity index (χ3v) is 3.38. The molecule has 3 heteroatoms. The zero-order chi connectivity index (χ0) is 10.2. The summed E-state index contributed by atoms with van der Waals surface area (Å²) < 4.78 is 1.03. The van der Waals surface area contributed by atoms with Crippen molar-refractivity contribution < 1.29 is 5.11 Å². The highest BCUT2D eigenvalue weighted by Crippen LogP contribution is 2.33. The van der Waals surface area contributed by atoms with Gasteiger partial charge in [-0.05, 0) is 38.0 Å². The fraction of sp³-hybridized carbons (Fsp3) is 0.400. The van der Waals surface area contributed by atoms with E-state index in [1.54, 1.807) is 6.07 Å². The molecule has 1 aromatic rings. The molecular weight excluding hydrogens is 230 g/mol. The maximum Gasteiger partial charge on any atom is 0.120 e. The maximum atomic E-state index is 9.67. The summed E-state index contributed by atoms with van der Waals surface area (Å²) >= 11 is 3.47. The zero-order valence-corrected chi connectivity index (χ0v) is 9.64. The molecule has 0 aliphatic rings. The van der Waals surface area contributed by atoms with Gasteiger partial charge in [0.05, 0.1) is 0 Å². The van der Waals surface area contributed by atoms with Crippen LogP contribution in [-0.4, -0.2) is 5.11 Å². The van der Waals surface area contributed by atoms with E-state index in [1.807, 2.05) is 20.8 Å². The van der Waals surface area contributed by atoms with E-state index >= 15 is 0 Å². The molecule has 13 heavy (non-hydrogen) atoms. The Morgan fingerprint density at radius 1 is 1.46 bits per heavy atom. The second-order valence-corrected chi connectivity index (χ2v) is 4.15. The number of aromatic hydroxyl groups is 1. The summed E-state index contributed by atoms with van der Waals surface area (Å²) in [6.07, 6.45) is 0. The number of benzene rings is 1. The largest absolute Gasteiger partial charge is 0.508 e. The molecule has 0 aromatic heterocycles. The summed E-state index contributed by atoms with van der Waals surface area (Å²) in [4.78, 5) is 0. The minimum Gasteiger partial charge on any atom is -0.508 e. The van der Waals surface area contributed by atoms with Crippen molar-refractivity contribution in [3.8, 4) is 5.75 Å². The van der Waals surface area contributed by atoms with Gasteiger partial charge in [0, 0.05) is 16.1 Å². The average Bonchev–Trinajstić information content (AvgIpc) is 1.99. The van der Waals surface area contributed by atoms with E-state index in [4.69, 9.17) is 5.73 Å². The third kappa shape index (κ3) is 1.86. The van der Waals surface area contributed by atoms with Crippen LogP contribution >= 0.6 is 15.9 Å². The lowest BCUT2D eigenvalue weighted by molar-refractivity contribution is 0.462. The van der Waals surface area contributed by atoms with E-state index in [0.717, 1.165) is 21.2 Å². The molecule has 0 saturated carbocycles. The molecule has 3 N–H and O–H groups in total. The van der Waals surface area contributed by atoms with Gasteiger partial charge in [-0.3, -0.25) is 0 Å². The summed E-state index contributed by atoms with van der Waals surface area (Å²) in [6, 6.07) is 1.59. The Morgan fingerprint density at radius 2 is 2.00 bits per heavy atom. The van der Waals surface area contributed by atoms with Gasteiger partial charge in [-0.15, -0.1) is 0 Å². The Labute approximate surface area is 86.9 Å². The summed E-state index contributed by atoms with van der Waals surface area (Å²) in [5, 5.41) is 9.67. The van der Waals surface area contributed by atoms with Gasteiger partial charge in [0.1, 0.15) is 5.75 Å². The topological polar surface area (TPSA) is 46.2 Å². The number of aryl methyl sites for hydroxylation is 1. The van der Waals surface area contributed by atoms with Crippen LogP contribution in [0, 0.1) is 13.8 Å². The van der Waals surface area contributed by atoms with Gasteiger partial charge in [-0.2, -0.15) is 0 Å². The quantitative estimate of drug-likeness (QED) is 0.797. The monoisotopic (exact) mass is 243 g/mol. The van der Waals surface area contributed by atoms with Crippen LogP contribution in [0.15, 0.2) is 10.5 Å². The van der Waals surface area contributed by atoms with Crippen molar-refractivity contribution in [3.05, 3.63) is 27.2 Å². The Kier molecular flexibility index (Phi) is 2.98. The molecule has 0 fully saturated rings. The molecule has 0 saturated heterocycles. The Hall–Kier alpha value is -0.540. The van der Waals surface area contributed by atoms with Gasteiger partial charge in [0.2, 0.25) is 0 Å². The van der Waals surface area contributed by atoms with E-state index in [9.17, 15) is 5.11 Å². The highest BCUT2D eigenvalue weighted by atomic mass is 79.9. The van der Waals surface area contributed by atoms with Crippen LogP contribution in [0.2, 0.25) is 0 Å². The van der Waals surface area contributed by atoms with Crippen molar-refractivity contribution in [3.63, 3.8) is 0 Å². The Bertz CT molecular complexity index is 334. The number of phenols is 1. The molecule has 0 spiro atoms. The fourth-order valence-corrected chi connectivity index (χ4v) is 1.86. The van der Waals surface area contributed by atoms with Gasteiger partial charge in [-0.1, -0.05) is 15.9 Å².